The van der Waals surface area contributed by atoms with E-state index in [-0.39, 0.29) is 42.9 Å². The van der Waals surface area contributed by atoms with Gasteiger partial charge in [0.05, 0.1) is 18.2 Å². The number of carbonyl (C=O) groups excluding carboxylic acids is 4. The van der Waals surface area contributed by atoms with Crippen LogP contribution >= 0.6 is 0 Å². The first-order chi connectivity index (χ1) is 26.2. The number of aromatic nitrogens is 2. The van der Waals surface area contributed by atoms with Crippen LogP contribution in [0.1, 0.15) is 59.9 Å². The molecule has 54 heavy (non-hydrogen) atoms. The molecule has 0 radical (unpaired) electrons. The summed E-state index contributed by atoms with van der Waals surface area (Å²) in [5.74, 6) is -2.49. The lowest BCUT2D eigenvalue weighted by atomic mass is 9.57. The van der Waals surface area contributed by atoms with Crippen LogP contribution in [0.25, 0.3) is 34.0 Å². The number of H-pyrrole nitrogens is 2. The van der Waals surface area contributed by atoms with E-state index in [1.54, 1.807) is 4.90 Å². The summed E-state index contributed by atoms with van der Waals surface area (Å²) in [5.41, 5.74) is 12.4. The van der Waals surface area contributed by atoms with Crippen LogP contribution in [0.3, 0.4) is 0 Å². The molecule has 1 aliphatic heterocycles. The molecule has 0 spiro atoms. The summed E-state index contributed by atoms with van der Waals surface area (Å²) in [6.45, 7) is 2.24. The van der Waals surface area contributed by atoms with Crippen LogP contribution in [-0.2, 0) is 32.1 Å². The Bertz CT molecular complexity index is 2440. The highest BCUT2D eigenvalue weighted by Crippen LogP contribution is 2.52. The highest BCUT2D eigenvalue weighted by molar-refractivity contribution is 5.99. The first kappa shape index (κ1) is 34.7. The van der Waals surface area contributed by atoms with E-state index in [9.17, 15) is 19.2 Å². The molecule has 4 unspecified atom stereocenters. The van der Waals surface area contributed by atoms with Crippen LogP contribution in [0.15, 0.2) is 109 Å². The van der Waals surface area contributed by atoms with E-state index in [4.69, 9.17) is 5.73 Å². The fraction of sp³-hybridized carbons (Fsp3) is 0.227. The van der Waals surface area contributed by atoms with Gasteiger partial charge in [-0.25, -0.2) is 0 Å². The number of nitrogens with one attached hydrogen (secondary N) is 4. The minimum atomic E-state index is -0.973. The van der Waals surface area contributed by atoms with Gasteiger partial charge in [-0.15, -0.1) is 0 Å². The molecule has 0 bridgehead atoms. The zero-order valence-corrected chi connectivity index (χ0v) is 30.0. The number of nitrogens with two attached hydrogens (primary N) is 1. The Morgan fingerprint density at radius 1 is 0.815 bits per heavy atom. The van der Waals surface area contributed by atoms with Gasteiger partial charge >= 0.3 is 0 Å². The molecule has 4 atom stereocenters. The first-order valence-corrected chi connectivity index (χ1v) is 18.4. The van der Waals surface area contributed by atoms with Gasteiger partial charge in [0.25, 0.3) is 0 Å². The van der Waals surface area contributed by atoms with Crippen LogP contribution in [0.2, 0.25) is 0 Å². The SMILES string of the molecule is CC1(NC(=O)CCC(=O)N2Cc3ccccc3C=Cc3ccccc32)CC(c2c[nH]c3ccccc23)C1C(=O)NC(Cc1c[nH]c2ccccc12)C(N)=O. The van der Waals surface area contributed by atoms with Crippen LogP contribution in [0.4, 0.5) is 5.69 Å². The number of hydrogen-bond donors (Lipinski definition) is 5. The van der Waals surface area contributed by atoms with E-state index in [2.05, 4.69) is 26.7 Å². The van der Waals surface area contributed by atoms with Crippen molar-refractivity contribution in [3.8, 4) is 0 Å². The molecule has 2 aromatic heterocycles. The number of primary amides is 1. The van der Waals surface area contributed by atoms with Gasteiger partial charge in [-0.05, 0) is 59.4 Å². The summed E-state index contributed by atoms with van der Waals surface area (Å²) in [4.78, 5) is 63.1. The predicted octanol–water partition coefficient (Wildman–Crippen LogP) is 6.34. The molecule has 10 heteroatoms. The highest BCUT2D eigenvalue weighted by atomic mass is 16.2. The second-order valence-corrected chi connectivity index (χ2v) is 14.6. The smallest absolute Gasteiger partial charge is 0.240 e. The van der Waals surface area contributed by atoms with Gasteiger partial charge in [0.1, 0.15) is 6.04 Å². The van der Waals surface area contributed by atoms with E-state index >= 15 is 0 Å². The lowest BCUT2D eigenvalue weighted by Gasteiger charge is -2.53. The maximum absolute atomic E-state index is 14.4. The highest BCUT2D eigenvalue weighted by Gasteiger charge is 2.56. The maximum Gasteiger partial charge on any atom is 0.240 e. The Kier molecular flexibility index (Phi) is 9.11. The van der Waals surface area contributed by atoms with Crippen molar-refractivity contribution < 1.29 is 19.2 Å². The zero-order valence-electron chi connectivity index (χ0n) is 30.0. The Morgan fingerprint density at radius 3 is 2.26 bits per heavy atom. The van der Waals surface area contributed by atoms with Gasteiger partial charge in [0, 0.05) is 64.9 Å². The summed E-state index contributed by atoms with van der Waals surface area (Å²) in [5, 5.41) is 8.04. The molecule has 4 aromatic carbocycles. The van der Waals surface area contributed by atoms with E-state index in [1.807, 2.05) is 122 Å². The average molecular weight is 719 g/mol. The number of fused-ring (bicyclic) bond motifs is 4. The monoisotopic (exact) mass is 718 g/mol. The molecular weight excluding hydrogens is 677 g/mol. The summed E-state index contributed by atoms with van der Waals surface area (Å²) in [6.07, 6.45) is 8.45. The van der Waals surface area contributed by atoms with Crippen molar-refractivity contribution in [2.45, 2.75) is 56.7 Å². The molecule has 8 rings (SSSR count). The van der Waals surface area contributed by atoms with Gasteiger partial charge in [-0.2, -0.15) is 0 Å². The van der Waals surface area contributed by atoms with Crippen molar-refractivity contribution in [2.75, 3.05) is 4.90 Å². The molecule has 1 saturated carbocycles. The standard InChI is InChI=1S/C44H42N6O4/c1-44(49-39(51)20-21-40(52)50-26-29-12-3-2-10-27(29)18-19-28-11-4-9-17-38(28)50)23-33(34-25-47-36-16-8-6-14-32(34)36)41(44)43(54)48-37(42(45)53)22-30-24-46-35-15-7-5-13-31(30)35/h2-19,24-25,33,37,41,46-47H,20-23,26H2,1H3,(H2,45,53)(H,48,54)(H,49,51). The van der Waals surface area contributed by atoms with Crippen LogP contribution in [0, 0.1) is 5.92 Å². The fourth-order valence-electron chi connectivity index (χ4n) is 8.39. The number of amides is 4. The van der Waals surface area contributed by atoms with Crippen molar-refractivity contribution in [1.82, 2.24) is 20.6 Å². The predicted molar refractivity (Wildman–Crippen MR) is 211 cm³/mol. The lowest BCUT2D eigenvalue weighted by molar-refractivity contribution is -0.140. The number of hydrogen-bond acceptors (Lipinski definition) is 4. The van der Waals surface area contributed by atoms with E-state index < -0.39 is 23.4 Å². The number of anilines is 1. The number of nitrogens with zero attached hydrogens (tertiary/aromatic N) is 1. The van der Waals surface area contributed by atoms with E-state index in [1.165, 1.54) is 0 Å². The summed E-state index contributed by atoms with van der Waals surface area (Å²) in [6, 6.07) is 30.4. The Hall–Kier alpha value is -6.42. The van der Waals surface area contributed by atoms with Gasteiger partial charge in [0.15, 0.2) is 0 Å². The van der Waals surface area contributed by atoms with Crippen LogP contribution < -0.4 is 21.3 Å². The molecule has 4 amide bonds. The third-order valence-corrected chi connectivity index (χ3v) is 11.1. The van der Waals surface area contributed by atoms with Crippen molar-refractivity contribution in [2.24, 2.45) is 11.7 Å². The quantitative estimate of drug-likeness (QED) is 0.112. The van der Waals surface area contributed by atoms with Crippen LogP contribution in [-0.4, -0.2) is 45.2 Å². The Labute approximate surface area is 312 Å². The minimum Gasteiger partial charge on any atom is -0.368 e. The number of benzene rings is 4. The molecule has 6 N–H and O–H groups in total. The summed E-state index contributed by atoms with van der Waals surface area (Å²) < 4.78 is 0. The Balaban J connectivity index is 1.01. The topological polar surface area (TPSA) is 153 Å². The minimum absolute atomic E-state index is 0.0146. The van der Waals surface area contributed by atoms with Crippen LogP contribution in [0.5, 0.6) is 0 Å². The van der Waals surface area contributed by atoms with Crippen molar-refractivity contribution in [3.63, 3.8) is 0 Å². The maximum atomic E-state index is 14.4. The summed E-state index contributed by atoms with van der Waals surface area (Å²) in [7, 11) is 0. The van der Waals surface area contributed by atoms with Gasteiger partial charge < -0.3 is 31.2 Å². The lowest BCUT2D eigenvalue weighted by Crippen LogP contribution is -2.66. The number of para-hydroxylation sites is 3. The van der Waals surface area contributed by atoms with Crippen molar-refractivity contribution in [1.29, 1.82) is 0 Å². The first-order valence-electron chi connectivity index (χ1n) is 18.4. The molecule has 3 heterocycles. The molecule has 10 nitrogen and oxygen atoms in total. The third kappa shape index (κ3) is 6.55. The van der Waals surface area contributed by atoms with Gasteiger partial charge in [-0.3, -0.25) is 19.2 Å². The number of rotatable bonds is 10. The molecule has 1 aliphatic carbocycles. The molecular formula is C44H42N6O4. The Morgan fingerprint density at radius 2 is 1.46 bits per heavy atom. The average Bonchev–Trinajstić information content (AvgIpc) is 3.78. The third-order valence-electron chi connectivity index (χ3n) is 11.1. The second kappa shape index (κ2) is 14.2. The second-order valence-electron chi connectivity index (χ2n) is 14.6. The largest absolute Gasteiger partial charge is 0.368 e. The van der Waals surface area contributed by atoms with E-state index in [0.717, 1.165) is 55.3 Å². The number of carbonyl (C=O) groups is 4. The van der Waals surface area contributed by atoms with Gasteiger partial charge in [0.2, 0.25) is 23.6 Å². The normalized spacial score (nSPS) is 19.5. The van der Waals surface area contributed by atoms with Gasteiger partial charge in [-0.1, -0.05) is 91.0 Å². The van der Waals surface area contributed by atoms with Crippen molar-refractivity contribution >= 4 is 63.3 Å². The molecule has 272 valence electrons. The fourth-order valence-corrected chi connectivity index (χ4v) is 8.39. The molecule has 1 fully saturated rings. The molecule has 0 saturated heterocycles. The van der Waals surface area contributed by atoms with E-state index in [0.29, 0.717) is 13.0 Å². The number of aromatic amines is 2. The zero-order chi connectivity index (χ0) is 37.4. The van der Waals surface area contributed by atoms with Crippen molar-refractivity contribution in [3.05, 3.63) is 137 Å². The molecule has 2 aliphatic rings. The molecule has 6 aromatic rings. The summed E-state index contributed by atoms with van der Waals surface area (Å²) >= 11 is 0.